The van der Waals surface area contributed by atoms with E-state index < -0.39 is 0 Å². The molecule has 0 N–H and O–H groups in total. The van der Waals surface area contributed by atoms with Crippen molar-refractivity contribution in [1.82, 2.24) is 4.98 Å². The summed E-state index contributed by atoms with van der Waals surface area (Å²) in [4.78, 5) is 5.44. The van der Waals surface area contributed by atoms with Crippen LogP contribution in [0.5, 0.6) is 0 Å². The number of hydrogen-bond acceptors (Lipinski definition) is 2. The summed E-state index contributed by atoms with van der Waals surface area (Å²) in [5, 5.41) is 12.9. The molecule has 11 aromatic rings. The maximum absolute atomic E-state index is 6.65. The lowest BCUT2D eigenvalue weighted by Gasteiger charge is -2.19. The van der Waals surface area contributed by atoms with Crippen LogP contribution in [0, 0.1) is 0 Å². The third-order valence-corrected chi connectivity index (χ3v) is 10.6. The van der Waals surface area contributed by atoms with Gasteiger partial charge >= 0.3 is 0 Å². The van der Waals surface area contributed by atoms with Gasteiger partial charge in [-0.2, -0.15) is 0 Å². The topological polar surface area (TPSA) is 26.0 Å². The van der Waals surface area contributed by atoms with Crippen molar-refractivity contribution in [3.05, 3.63) is 176 Å². The summed E-state index contributed by atoms with van der Waals surface area (Å²) in [5.74, 6) is 0. The molecule has 0 fully saturated rings. The van der Waals surface area contributed by atoms with Crippen LogP contribution < -0.4 is 0 Å². The molecule has 0 saturated carbocycles. The molecule has 0 saturated heterocycles. The molecule has 2 nitrogen and oxygen atoms in total. The maximum Gasteiger partial charge on any atom is 0.144 e. The molecule has 236 valence electrons. The minimum Gasteiger partial charge on any atom is -0.455 e. The first-order chi connectivity index (χ1) is 25.3. The summed E-state index contributed by atoms with van der Waals surface area (Å²) >= 11 is 0. The Labute approximate surface area is 293 Å². The van der Waals surface area contributed by atoms with Gasteiger partial charge < -0.3 is 4.42 Å². The van der Waals surface area contributed by atoms with Crippen LogP contribution in [0.25, 0.3) is 109 Å². The fourth-order valence-electron chi connectivity index (χ4n) is 8.41. The number of rotatable bonds is 3. The molecule has 0 amide bonds. The van der Waals surface area contributed by atoms with Crippen molar-refractivity contribution in [1.29, 1.82) is 0 Å². The highest BCUT2D eigenvalue weighted by molar-refractivity contribution is 6.27. The van der Waals surface area contributed by atoms with Gasteiger partial charge in [-0.05, 0) is 72.8 Å². The summed E-state index contributed by atoms with van der Waals surface area (Å²) in [6, 6.07) is 63.1. The SMILES string of the molecule is c1ccc(-c2nc3cc(-c4c5ccccc5c(-c5cccc6ccccc56)c5ccccc45)ccc3c3c2ccc2c4ccccc4oc23)cc1. The zero-order chi connectivity index (χ0) is 33.5. The smallest absolute Gasteiger partial charge is 0.144 e. The quantitative estimate of drug-likeness (QED) is 0.141. The minimum absolute atomic E-state index is 0.895. The summed E-state index contributed by atoms with van der Waals surface area (Å²) in [5.41, 5.74) is 9.66. The molecule has 0 bridgehead atoms. The predicted octanol–water partition coefficient (Wildman–Crippen LogP) is 13.7. The van der Waals surface area contributed by atoms with Gasteiger partial charge in [-0.3, -0.25) is 0 Å². The lowest BCUT2D eigenvalue weighted by atomic mass is 9.84. The van der Waals surface area contributed by atoms with Gasteiger partial charge in [0.2, 0.25) is 0 Å². The molecule has 0 aliphatic carbocycles. The zero-order valence-electron chi connectivity index (χ0n) is 27.6. The second-order valence-corrected chi connectivity index (χ2v) is 13.4. The summed E-state index contributed by atoms with van der Waals surface area (Å²) < 4.78 is 6.65. The molecule has 2 heteroatoms. The molecular formula is C49H29NO. The largest absolute Gasteiger partial charge is 0.455 e. The average molecular weight is 648 g/mol. The van der Waals surface area contributed by atoms with E-state index in [-0.39, 0.29) is 0 Å². The van der Waals surface area contributed by atoms with E-state index in [1.165, 1.54) is 49.0 Å². The Hall–Kier alpha value is -6.77. The van der Waals surface area contributed by atoms with E-state index in [2.05, 4.69) is 170 Å². The number of benzene rings is 9. The number of para-hydroxylation sites is 1. The van der Waals surface area contributed by atoms with Crippen LogP contribution in [0.2, 0.25) is 0 Å². The van der Waals surface area contributed by atoms with Crippen LogP contribution >= 0.6 is 0 Å². The van der Waals surface area contributed by atoms with Gasteiger partial charge in [0.1, 0.15) is 11.2 Å². The molecule has 0 aliphatic heterocycles. The van der Waals surface area contributed by atoms with Crippen molar-refractivity contribution in [3.8, 4) is 33.5 Å². The Morgan fingerprint density at radius 2 is 0.961 bits per heavy atom. The molecular weight excluding hydrogens is 619 g/mol. The summed E-state index contributed by atoms with van der Waals surface area (Å²) in [7, 11) is 0. The summed E-state index contributed by atoms with van der Waals surface area (Å²) in [6.45, 7) is 0. The molecule has 2 aromatic heterocycles. The first-order valence-corrected chi connectivity index (χ1v) is 17.5. The van der Waals surface area contributed by atoms with E-state index >= 15 is 0 Å². The van der Waals surface area contributed by atoms with E-state index in [0.29, 0.717) is 0 Å². The number of nitrogens with zero attached hydrogens (tertiary/aromatic N) is 1. The zero-order valence-corrected chi connectivity index (χ0v) is 27.6. The lowest BCUT2D eigenvalue weighted by Crippen LogP contribution is -1.93. The molecule has 51 heavy (non-hydrogen) atoms. The Bertz CT molecular complexity index is 3130. The van der Waals surface area contributed by atoms with Crippen molar-refractivity contribution < 1.29 is 4.42 Å². The Balaban J connectivity index is 1.25. The van der Waals surface area contributed by atoms with E-state index in [1.807, 2.05) is 6.07 Å². The Kier molecular flexibility index (Phi) is 5.99. The van der Waals surface area contributed by atoms with Crippen molar-refractivity contribution in [2.24, 2.45) is 0 Å². The van der Waals surface area contributed by atoms with Crippen molar-refractivity contribution >= 4 is 75.9 Å². The van der Waals surface area contributed by atoms with E-state index in [0.717, 1.165) is 60.4 Å². The van der Waals surface area contributed by atoms with Gasteiger partial charge in [-0.1, -0.05) is 158 Å². The van der Waals surface area contributed by atoms with Gasteiger partial charge in [0.15, 0.2) is 0 Å². The van der Waals surface area contributed by atoms with E-state index in [4.69, 9.17) is 9.40 Å². The molecule has 0 aliphatic rings. The van der Waals surface area contributed by atoms with Gasteiger partial charge in [-0.15, -0.1) is 0 Å². The lowest BCUT2D eigenvalue weighted by molar-refractivity contribution is 0.673. The Morgan fingerprint density at radius 1 is 0.373 bits per heavy atom. The molecule has 0 radical (unpaired) electrons. The average Bonchev–Trinajstić information content (AvgIpc) is 3.58. The minimum atomic E-state index is 0.895. The van der Waals surface area contributed by atoms with Gasteiger partial charge in [0, 0.05) is 32.5 Å². The van der Waals surface area contributed by atoms with Crippen LogP contribution in [-0.2, 0) is 0 Å². The van der Waals surface area contributed by atoms with Crippen LogP contribution in [0.4, 0.5) is 0 Å². The van der Waals surface area contributed by atoms with Gasteiger partial charge in [-0.25, -0.2) is 4.98 Å². The molecule has 2 heterocycles. The Morgan fingerprint density at radius 3 is 1.73 bits per heavy atom. The van der Waals surface area contributed by atoms with Crippen LogP contribution in [0.1, 0.15) is 0 Å². The monoisotopic (exact) mass is 647 g/mol. The van der Waals surface area contributed by atoms with Crippen molar-refractivity contribution in [3.63, 3.8) is 0 Å². The fourth-order valence-corrected chi connectivity index (χ4v) is 8.41. The molecule has 0 spiro atoms. The number of pyridine rings is 1. The second kappa shape index (κ2) is 10.9. The van der Waals surface area contributed by atoms with Crippen molar-refractivity contribution in [2.45, 2.75) is 0 Å². The second-order valence-electron chi connectivity index (χ2n) is 13.4. The number of hydrogen-bond donors (Lipinski definition) is 0. The number of fused-ring (bicyclic) bond motifs is 10. The number of furan rings is 1. The summed E-state index contributed by atoms with van der Waals surface area (Å²) in [6.07, 6.45) is 0. The van der Waals surface area contributed by atoms with Crippen LogP contribution in [-0.4, -0.2) is 4.98 Å². The van der Waals surface area contributed by atoms with Gasteiger partial charge in [0.05, 0.1) is 11.2 Å². The van der Waals surface area contributed by atoms with E-state index in [1.54, 1.807) is 0 Å². The molecule has 0 atom stereocenters. The highest BCUT2D eigenvalue weighted by atomic mass is 16.3. The third-order valence-electron chi connectivity index (χ3n) is 10.6. The first kappa shape index (κ1) is 28.1. The van der Waals surface area contributed by atoms with E-state index in [9.17, 15) is 0 Å². The van der Waals surface area contributed by atoms with Crippen molar-refractivity contribution in [2.75, 3.05) is 0 Å². The molecule has 11 rings (SSSR count). The predicted molar refractivity (Wildman–Crippen MR) is 215 cm³/mol. The standard InChI is InChI=1S/C49H29NO/c1-2-14-31(15-3-1)48-42-28-27-40-34-18-10-11-24-44(34)51-49(40)47(42)41-26-25-32(29-43(41)50-48)45-36-19-6-8-21-38(36)46(39-22-9-7-20-37(39)45)35-23-12-16-30-13-4-5-17-33(30)35/h1-29H. The normalized spacial score (nSPS) is 11.9. The first-order valence-electron chi connectivity index (χ1n) is 17.5. The highest BCUT2D eigenvalue weighted by Gasteiger charge is 2.21. The fraction of sp³-hybridized carbons (Fsp3) is 0. The van der Waals surface area contributed by atoms with Crippen LogP contribution in [0.15, 0.2) is 180 Å². The van der Waals surface area contributed by atoms with Gasteiger partial charge in [0.25, 0.3) is 0 Å². The maximum atomic E-state index is 6.65. The molecule has 0 unspecified atom stereocenters. The molecule has 9 aromatic carbocycles. The number of aromatic nitrogens is 1. The highest BCUT2D eigenvalue weighted by Crippen LogP contribution is 2.47. The van der Waals surface area contributed by atoms with Crippen LogP contribution in [0.3, 0.4) is 0 Å². The third kappa shape index (κ3) is 4.14.